The molecule has 2 nitrogen and oxygen atoms in total. The van der Waals surface area contributed by atoms with Crippen LogP contribution in [-0.4, -0.2) is 11.7 Å². The van der Waals surface area contributed by atoms with Crippen LogP contribution in [0.1, 0.15) is 36.8 Å². The van der Waals surface area contributed by atoms with Crippen molar-refractivity contribution in [2.75, 3.05) is 6.54 Å². The standard InChI is InChI=1S/C14H18FNO/c15-11-2-3-12-10(8-11)4-7-14(12,17)13(9-16)5-1-6-13/h2-3,8,17H,1,4-7,9,16H2. The third-order valence-corrected chi connectivity index (χ3v) is 4.85. The van der Waals surface area contributed by atoms with Crippen molar-refractivity contribution in [2.45, 2.75) is 37.7 Å². The van der Waals surface area contributed by atoms with Gasteiger partial charge in [0, 0.05) is 12.0 Å². The average molecular weight is 235 g/mol. The maximum Gasteiger partial charge on any atom is 0.123 e. The minimum Gasteiger partial charge on any atom is -0.385 e. The maximum absolute atomic E-state index is 13.2. The molecule has 17 heavy (non-hydrogen) atoms. The van der Waals surface area contributed by atoms with E-state index in [1.54, 1.807) is 12.1 Å². The monoisotopic (exact) mass is 235 g/mol. The van der Waals surface area contributed by atoms with Crippen LogP contribution in [0.5, 0.6) is 0 Å². The third-order valence-electron chi connectivity index (χ3n) is 4.85. The van der Waals surface area contributed by atoms with Crippen LogP contribution in [0, 0.1) is 11.2 Å². The van der Waals surface area contributed by atoms with E-state index in [1.807, 2.05) is 0 Å². The summed E-state index contributed by atoms with van der Waals surface area (Å²) in [4.78, 5) is 0. The summed E-state index contributed by atoms with van der Waals surface area (Å²) in [6.07, 6.45) is 4.54. The summed E-state index contributed by atoms with van der Waals surface area (Å²) in [6, 6.07) is 4.74. The highest BCUT2D eigenvalue weighted by molar-refractivity contribution is 5.40. The van der Waals surface area contributed by atoms with Gasteiger partial charge in [0.05, 0.1) is 5.60 Å². The van der Waals surface area contributed by atoms with E-state index >= 15 is 0 Å². The highest BCUT2D eigenvalue weighted by Gasteiger charge is 2.56. The average Bonchev–Trinajstić information content (AvgIpc) is 2.56. The molecule has 0 amide bonds. The van der Waals surface area contributed by atoms with Gasteiger partial charge >= 0.3 is 0 Å². The second-order valence-corrected chi connectivity index (χ2v) is 5.50. The molecule has 1 fully saturated rings. The Morgan fingerprint density at radius 2 is 2.06 bits per heavy atom. The Bertz CT molecular complexity index is 450. The van der Waals surface area contributed by atoms with Gasteiger partial charge in [0.1, 0.15) is 5.82 Å². The van der Waals surface area contributed by atoms with E-state index in [0.29, 0.717) is 13.0 Å². The van der Waals surface area contributed by atoms with E-state index in [-0.39, 0.29) is 11.2 Å². The highest BCUT2D eigenvalue weighted by atomic mass is 19.1. The Labute approximate surface area is 101 Å². The second kappa shape index (κ2) is 3.53. The molecule has 1 aromatic carbocycles. The summed E-state index contributed by atoms with van der Waals surface area (Å²) in [5.41, 5.74) is 6.74. The lowest BCUT2D eigenvalue weighted by atomic mass is 9.57. The summed E-state index contributed by atoms with van der Waals surface area (Å²) >= 11 is 0. The Morgan fingerprint density at radius 3 is 2.65 bits per heavy atom. The van der Waals surface area contributed by atoms with Crippen LogP contribution in [0.4, 0.5) is 4.39 Å². The van der Waals surface area contributed by atoms with Gasteiger partial charge in [-0.1, -0.05) is 12.5 Å². The summed E-state index contributed by atoms with van der Waals surface area (Å²) in [6.45, 7) is 0.514. The first-order valence-electron chi connectivity index (χ1n) is 6.33. The Hall–Kier alpha value is -0.930. The quantitative estimate of drug-likeness (QED) is 0.824. The molecule has 0 heterocycles. The van der Waals surface area contributed by atoms with Crippen molar-refractivity contribution < 1.29 is 9.50 Å². The molecule has 0 aromatic heterocycles. The van der Waals surface area contributed by atoms with Crippen molar-refractivity contribution in [1.82, 2.24) is 0 Å². The first-order valence-corrected chi connectivity index (χ1v) is 6.33. The Kier molecular flexibility index (Phi) is 2.32. The van der Waals surface area contributed by atoms with Crippen LogP contribution in [0.15, 0.2) is 18.2 Å². The van der Waals surface area contributed by atoms with Gasteiger partial charge in [-0.3, -0.25) is 0 Å². The van der Waals surface area contributed by atoms with Crippen molar-refractivity contribution in [3.8, 4) is 0 Å². The fourth-order valence-corrected chi connectivity index (χ4v) is 3.56. The minimum absolute atomic E-state index is 0.171. The molecular formula is C14H18FNO. The highest BCUT2D eigenvalue weighted by Crippen LogP contribution is 2.58. The van der Waals surface area contributed by atoms with Gasteiger partial charge in [-0.25, -0.2) is 4.39 Å². The zero-order valence-electron chi connectivity index (χ0n) is 9.88. The number of fused-ring (bicyclic) bond motifs is 1. The molecule has 1 aromatic rings. The first-order chi connectivity index (χ1) is 8.11. The normalized spacial score (nSPS) is 29.8. The number of rotatable bonds is 2. The molecule has 3 rings (SSSR count). The lowest BCUT2D eigenvalue weighted by Crippen LogP contribution is -2.53. The number of hydrogen-bond acceptors (Lipinski definition) is 2. The molecule has 3 N–H and O–H groups in total. The van der Waals surface area contributed by atoms with Crippen LogP contribution in [0.2, 0.25) is 0 Å². The lowest BCUT2D eigenvalue weighted by Gasteiger charge is -2.51. The van der Waals surface area contributed by atoms with Crippen LogP contribution < -0.4 is 5.73 Å². The van der Waals surface area contributed by atoms with E-state index in [4.69, 9.17) is 5.73 Å². The number of halogens is 1. The van der Waals surface area contributed by atoms with Gasteiger partial charge in [0.2, 0.25) is 0 Å². The largest absolute Gasteiger partial charge is 0.385 e. The van der Waals surface area contributed by atoms with Gasteiger partial charge in [0.25, 0.3) is 0 Å². The fraction of sp³-hybridized carbons (Fsp3) is 0.571. The number of nitrogens with two attached hydrogens (primary N) is 1. The summed E-state index contributed by atoms with van der Waals surface area (Å²) in [5.74, 6) is -0.219. The molecule has 92 valence electrons. The maximum atomic E-state index is 13.2. The number of hydrogen-bond donors (Lipinski definition) is 2. The molecule has 0 bridgehead atoms. The number of aliphatic hydroxyl groups is 1. The van der Waals surface area contributed by atoms with E-state index in [2.05, 4.69) is 0 Å². The van der Waals surface area contributed by atoms with Gasteiger partial charge in [-0.05, 0) is 48.9 Å². The number of benzene rings is 1. The molecule has 1 atom stereocenters. The molecule has 3 heteroatoms. The van der Waals surface area contributed by atoms with Crippen LogP contribution in [-0.2, 0) is 12.0 Å². The predicted octanol–water partition coefficient (Wildman–Crippen LogP) is 2.09. The molecular weight excluding hydrogens is 217 g/mol. The fourth-order valence-electron chi connectivity index (χ4n) is 3.56. The first kappa shape index (κ1) is 11.2. The molecule has 2 aliphatic carbocycles. The van der Waals surface area contributed by atoms with E-state index < -0.39 is 5.60 Å². The zero-order chi connectivity index (χ0) is 12.1. The van der Waals surface area contributed by atoms with Gasteiger partial charge < -0.3 is 10.8 Å². The molecule has 2 aliphatic rings. The zero-order valence-corrected chi connectivity index (χ0v) is 9.88. The van der Waals surface area contributed by atoms with Crippen LogP contribution in [0.3, 0.4) is 0 Å². The van der Waals surface area contributed by atoms with E-state index in [1.165, 1.54) is 6.07 Å². The SMILES string of the molecule is NCC1(C2(O)CCc3cc(F)ccc32)CCC1. The van der Waals surface area contributed by atoms with Gasteiger partial charge in [0.15, 0.2) is 0 Å². The number of aryl methyl sites for hydroxylation is 1. The van der Waals surface area contributed by atoms with Crippen LogP contribution >= 0.6 is 0 Å². The van der Waals surface area contributed by atoms with Gasteiger partial charge in [-0.2, -0.15) is 0 Å². The Balaban J connectivity index is 2.07. The second-order valence-electron chi connectivity index (χ2n) is 5.50. The topological polar surface area (TPSA) is 46.2 Å². The smallest absolute Gasteiger partial charge is 0.123 e. The minimum atomic E-state index is -0.830. The molecule has 0 saturated heterocycles. The lowest BCUT2D eigenvalue weighted by molar-refractivity contribution is -0.128. The molecule has 1 saturated carbocycles. The summed E-state index contributed by atoms with van der Waals surface area (Å²) in [5, 5.41) is 11.0. The Morgan fingerprint density at radius 1 is 1.29 bits per heavy atom. The van der Waals surface area contributed by atoms with Crippen molar-refractivity contribution in [2.24, 2.45) is 11.1 Å². The predicted molar refractivity (Wildman–Crippen MR) is 64.0 cm³/mol. The van der Waals surface area contributed by atoms with Gasteiger partial charge in [-0.15, -0.1) is 0 Å². The van der Waals surface area contributed by atoms with Crippen molar-refractivity contribution >= 4 is 0 Å². The van der Waals surface area contributed by atoms with E-state index in [9.17, 15) is 9.50 Å². The van der Waals surface area contributed by atoms with Crippen LogP contribution in [0.25, 0.3) is 0 Å². The van der Waals surface area contributed by atoms with Crippen molar-refractivity contribution in [1.29, 1.82) is 0 Å². The summed E-state index contributed by atoms with van der Waals surface area (Å²) < 4.78 is 13.2. The summed E-state index contributed by atoms with van der Waals surface area (Å²) in [7, 11) is 0. The van der Waals surface area contributed by atoms with Crippen molar-refractivity contribution in [3.63, 3.8) is 0 Å². The molecule has 0 radical (unpaired) electrons. The van der Waals surface area contributed by atoms with Crippen molar-refractivity contribution in [3.05, 3.63) is 35.1 Å². The molecule has 0 aliphatic heterocycles. The third kappa shape index (κ3) is 1.33. The molecule has 0 spiro atoms. The molecule has 1 unspecified atom stereocenters. The van der Waals surface area contributed by atoms with E-state index in [0.717, 1.165) is 36.8 Å².